The predicted octanol–water partition coefficient (Wildman–Crippen LogP) is 8.53. The average molecular weight is 591 g/mol. The summed E-state index contributed by atoms with van der Waals surface area (Å²) in [4.78, 5) is 11.7. The van der Waals surface area contributed by atoms with Gasteiger partial charge in [-0.15, -0.1) is 11.8 Å². The first kappa shape index (κ1) is 27.9. The van der Waals surface area contributed by atoms with E-state index in [1.54, 1.807) is 0 Å². The van der Waals surface area contributed by atoms with Crippen LogP contribution in [0.2, 0.25) is 0 Å². The summed E-state index contributed by atoms with van der Waals surface area (Å²) in [7, 11) is 0. The molecule has 5 aromatic rings. The Hall–Kier alpha value is -4.87. The molecule has 0 fully saturated rings. The van der Waals surface area contributed by atoms with Gasteiger partial charge in [0.2, 0.25) is 0 Å². The molecule has 1 aliphatic heterocycles. The summed E-state index contributed by atoms with van der Waals surface area (Å²) in [5.74, 6) is 0.886. The van der Waals surface area contributed by atoms with Crippen LogP contribution in [-0.4, -0.2) is 15.2 Å². The Morgan fingerprint density at radius 1 is 0.727 bits per heavy atom. The van der Waals surface area contributed by atoms with Crippen molar-refractivity contribution in [3.8, 4) is 11.3 Å². The van der Waals surface area contributed by atoms with Crippen molar-refractivity contribution in [3.63, 3.8) is 0 Å². The summed E-state index contributed by atoms with van der Waals surface area (Å²) in [5.41, 5.74) is 21.6. The molecule has 1 aliphatic carbocycles. The summed E-state index contributed by atoms with van der Waals surface area (Å²) in [6.45, 7) is 4.69. The van der Waals surface area contributed by atoms with Gasteiger partial charge in [-0.25, -0.2) is 9.97 Å². The van der Waals surface area contributed by atoms with Crippen LogP contribution in [0.5, 0.6) is 0 Å². The van der Waals surface area contributed by atoms with Crippen LogP contribution < -0.4 is 11.5 Å². The monoisotopic (exact) mass is 590 g/mol. The number of benzene rings is 4. The van der Waals surface area contributed by atoms with Crippen molar-refractivity contribution in [1.29, 1.82) is 0 Å². The number of rotatable bonds is 5. The largest absolute Gasteiger partial charge is 0.398 e. The summed E-state index contributed by atoms with van der Waals surface area (Å²) < 4.78 is 0. The van der Waals surface area contributed by atoms with Gasteiger partial charge in [-0.3, -0.25) is 0 Å². The van der Waals surface area contributed by atoms with Crippen molar-refractivity contribution in [2.75, 3.05) is 0 Å². The van der Waals surface area contributed by atoms with Crippen molar-refractivity contribution in [3.05, 3.63) is 162 Å². The van der Waals surface area contributed by atoms with E-state index < -0.39 is 0 Å². The van der Waals surface area contributed by atoms with Gasteiger partial charge in [0.25, 0.3) is 0 Å². The highest BCUT2D eigenvalue weighted by molar-refractivity contribution is 8.00. The number of allylic oxidation sites excluding steroid dienone is 4. The Morgan fingerprint density at radius 2 is 1.39 bits per heavy atom. The molecule has 0 spiro atoms. The molecule has 2 heterocycles. The smallest absolute Gasteiger partial charge is 0.160 e. The van der Waals surface area contributed by atoms with Crippen LogP contribution in [-0.2, 0) is 5.41 Å². The van der Waals surface area contributed by atoms with E-state index in [4.69, 9.17) is 21.4 Å². The number of thioether (sulfide) groups is 1. The molecular weight excluding hydrogens is 557 g/mol. The Labute approximate surface area is 263 Å². The predicted molar refractivity (Wildman–Crippen MR) is 185 cm³/mol. The zero-order chi connectivity index (χ0) is 30.3. The lowest BCUT2D eigenvalue weighted by Crippen LogP contribution is -2.39. The van der Waals surface area contributed by atoms with E-state index >= 15 is 0 Å². The highest BCUT2D eigenvalue weighted by Crippen LogP contribution is 2.53. The number of para-hydroxylation sites is 1. The molecule has 216 valence electrons. The Kier molecular flexibility index (Phi) is 7.19. The third-order valence-electron chi connectivity index (χ3n) is 8.75. The van der Waals surface area contributed by atoms with Crippen LogP contribution in [0.25, 0.3) is 33.4 Å². The number of nitrogens with zero attached hydrogens (tertiary/aromatic N) is 2. The summed E-state index contributed by atoms with van der Waals surface area (Å²) in [5, 5.41) is 1.22. The summed E-state index contributed by atoms with van der Waals surface area (Å²) in [6.07, 6.45) is 8.49. The van der Waals surface area contributed by atoms with Gasteiger partial charge in [-0.05, 0) is 40.8 Å². The molecule has 7 rings (SSSR count). The second kappa shape index (κ2) is 11.3. The van der Waals surface area contributed by atoms with Gasteiger partial charge >= 0.3 is 0 Å². The molecule has 4 nitrogen and oxygen atoms in total. The van der Waals surface area contributed by atoms with Gasteiger partial charge in [0.05, 0.1) is 11.2 Å². The zero-order valence-electron chi connectivity index (χ0n) is 24.8. The van der Waals surface area contributed by atoms with Gasteiger partial charge in [-0.1, -0.05) is 123 Å². The number of hydrogen-bond donors (Lipinski definition) is 2. The molecule has 5 heteroatoms. The maximum absolute atomic E-state index is 6.94. The molecule has 0 amide bonds. The van der Waals surface area contributed by atoms with Crippen molar-refractivity contribution in [2.24, 2.45) is 17.4 Å². The first-order valence-corrected chi connectivity index (χ1v) is 15.8. The van der Waals surface area contributed by atoms with Crippen LogP contribution in [0.1, 0.15) is 30.8 Å². The van der Waals surface area contributed by atoms with Crippen molar-refractivity contribution >= 4 is 33.9 Å². The van der Waals surface area contributed by atoms with E-state index in [0.29, 0.717) is 17.2 Å². The van der Waals surface area contributed by atoms with Crippen molar-refractivity contribution in [1.82, 2.24) is 9.97 Å². The number of hydrogen-bond acceptors (Lipinski definition) is 5. The fourth-order valence-corrected chi connectivity index (χ4v) is 8.01. The summed E-state index contributed by atoms with van der Waals surface area (Å²) in [6, 6.07) is 37.2. The molecule has 0 saturated heterocycles. The molecule has 2 unspecified atom stereocenters. The summed E-state index contributed by atoms with van der Waals surface area (Å²) >= 11 is 1.90. The normalized spacial score (nSPS) is 19.5. The minimum absolute atomic E-state index is 0.102. The van der Waals surface area contributed by atoms with Gasteiger partial charge in [0.1, 0.15) is 0 Å². The minimum Gasteiger partial charge on any atom is -0.398 e. The van der Waals surface area contributed by atoms with Crippen LogP contribution >= 0.6 is 11.8 Å². The lowest BCUT2D eigenvalue weighted by molar-refractivity contribution is 0.375. The zero-order valence-corrected chi connectivity index (χ0v) is 25.6. The van der Waals surface area contributed by atoms with E-state index in [2.05, 4.69) is 74.5 Å². The topological polar surface area (TPSA) is 77.8 Å². The Balaban J connectivity index is 1.41. The SMILES string of the molecule is CC1(C)c2ccccc2SC2C=C(/C(N)=C/C=C(\N)c3ccccc3)C(c3nc(-c4ccccc4)c4ccccc4n3)=CC21. The van der Waals surface area contributed by atoms with Gasteiger partial charge in [0, 0.05) is 49.6 Å². The number of nitrogens with two attached hydrogens (primary N) is 2. The molecule has 4 N–H and O–H groups in total. The van der Waals surface area contributed by atoms with Crippen LogP contribution in [0.3, 0.4) is 0 Å². The quantitative estimate of drug-likeness (QED) is 0.201. The minimum atomic E-state index is -0.102. The molecule has 2 aliphatic rings. The standard InChI is InChI=1S/C39H34N4S/c1-39(2)30-18-10-12-20-35(30)44-36-24-28(33(41)22-21-32(40)25-13-5-3-6-14-25)29(23-31(36)39)38-42-34-19-11-9-17-27(34)37(43-38)26-15-7-4-8-16-26/h3-24,31,36H,40-41H2,1-2H3/b32-21-,33-22-. The highest BCUT2D eigenvalue weighted by Gasteiger charge is 2.43. The number of fused-ring (bicyclic) bond motifs is 3. The van der Waals surface area contributed by atoms with Gasteiger partial charge < -0.3 is 11.5 Å². The molecule has 0 radical (unpaired) electrons. The van der Waals surface area contributed by atoms with Crippen molar-refractivity contribution in [2.45, 2.75) is 29.4 Å². The van der Waals surface area contributed by atoms with Crippen molar-refractivity contribution < 1.29 is 0 Å². The van der Waals surface area contributed by atoms with Gasteiger partial charge in [-0.2, -0.15) is 0 Å². The lowest BCUT2D eigenvalue weighted by atomic mass is 9.68. The molecule has 4 aromatic carbocycles. The Morgan fingerprint density at radius 3 is 2.18 bits per heavy atom. The highest BCUT2D eigenvalue weighted by atomic mass is 32.2. The van der Waals surface area contributed by atoms with Gasteiger partial charge in [0.15, 0.2) is 5.82 Å². The van der Waals surface area contributed by atoms with E-state index in [1.165, 1.54) is 10.5 Å². The van der Waals surface area contributed by atoms with Crippen LogP contribution in [0.15, 0.2) is 150 Å². The Bertz CT molecular complexity index is 1990. The lowest BCUT2D eigenvalue weighted by Gasteiger charge is -2.45. The molecule has 0 saturated carbocycles. The third-order valence-corrected chi connectivity index (χ3v) is 10.1. The molecule has 1 aromatic heterocycles. The van der Waals surface area contributed by atoms with Crippen LogP contribution in [0.4, 0.5) is 0 Å². The molecular formula is C39H34N4S. The van der Waals surface area contributed by atoms with Crippen LogP contribution in [0, 0.1) is 5.92 Å². The van der Waals surface area contributed by atoms with E-state index in [1.807, 2.05) is 84.6 Å². The first-order chi connectivity index (χ1) is 21.4. The van der Waals surface area contributed by atoms with E-state index in [-0.39, 0.29) is 16.6 Å². The number of aromatic nitrogens is 2. The third kappa shape index (κ3) is 5.03. The average Bonchev–Trinajstić information content (AvgIpc) is 3.07. The second-order valence-electron chi connectivity index (χ2n) is 11.9. The second-order valence-corrected chi connectivity index (χ2v) is 13.1. The fourth-order valence-electron chi connectivity index (χ4n) is 6.33. The maximum Gasteiger partial charge on any atom is 0.160 e. The maximum atomic E-state index is 6.94. The van der Waals surface area contributed by atoms with E-state index in [9.17, 15) is 0 Å². The molecule has 44 heavy (non-hydrogen) atoms. The first-order valence-electron chi connectivity index (χ1n) is 14.9. The van der Waals surface area contributed by atoms with E-state index in [0.717, 1.165) is 38.9 Å². The molecule has 2 atom stereocenters. The molecule has 0 bridgehead atoms. The fraction of sp³-hybridized carbons (Fsp3) is 0.128.